The van der Waals surface area contributed by atoms with Gasteiger partial charge in [0.1, 0.15) is 11.6 Å². The maximum absolute atomic E-state index is 13.3. The van der Waals surface area contributed by atoms with Gasteiger partial charge in [0.05, 0.1) is 0 Å². The largest absolute Gasteiger partial charge is 0.508 e. The minimum atomic E-state index is -0.258. The van der Waals surface area contributed by atoms with Gasteiger partial charge in [0, 0.05) is 6.04 Å². The Labute approximate surface area is 106 Å². The average Bonchev–Trinajstić information content (AvgIpc) is 2.31. The first kappa shape index (κ1) is 12.6. The third-order valence-electron chi connectivity index (χ3n) is 2.88. The molecule has 0 heterocycles. The van der Waals surface area contributed by atoms with Gasteiger partial charge in [-0.3, -0.25) is 0 Å². The zero-order valence-corrected chi connectivity index (χ0v) is 10.2. The zero-order valence-electron chi connectivity index (χ0n) is 10.2. The Balaban J connectivity index is 2.16. The second-order valence-corrected chi connectivity index (χ2v) is 4.54. The van der Waals surface area contributed by atoms with Gasteiger partial charge in [-0.25, -0.2) is 4.39 Å². The molecule has 1 atom stereocenters. The highest BCUT2D eigenvalue weighted by Crippen LogP contribution is 2.20. The standard InChI is InChI=1S/C15H16FNO/c1-10-6-12(9-13(16)7-10)15(17)8-11-2-4-14(18)5-3-11/h2-7,9,15,18H,8,17H2,1H3. The Bertz CT molecular complexity index is 516. The lowest BCUT2D eigenvalue weighted by Gasteiger charge is -2.13. The van der Waals surface area contributed by atoms with Crippen LogP contribution in [0.5, 0.6) is 5.75 Å². The Morgan fingerprint density at radius 2 is 1.83 bits per heavy atom. The molecule has 3 N–H and O–H groups in total. The summed E-state index contributed by atoms with van der Waals surface area (Å²) in [7, 11) is 0. The summed E-state index contributed by atoms with van der Waals surface area (Å²) >= 11 is 0. The predicted octanol–water partition coefficient (Wildman–Crippen LogP) is 3.08. The molecule has 18 heavy (non-hydrogen) atoms. The minimum Gasteiger partial charge on any atom is -0.508 e. The molecule has 2 aromatic rings. The van der Waals surface area contributed by atoms with Crippen molar-refractivity contribution in [3.63, 3.8) is 0 Å². The van der Waals surface area contributed by atoms with Gasteiger partial charge in [0.15, 0.2) is 0 Å². The first-order chi connectivity index (χ1) is 8.54. The number of aromatic hydroxyl groups is 1. The first-order valence-electron chi connectivity index (χ1n) is 5.85. The number of phenolic OH excluding ortho intramolecular Hbond substituents is 1. The Morgan fingerprint density at radius 3 is 2.44 bits per heavy atom. The van der Waals surface area contributed by atoms with Crippen LogP contribution in [-0.2, 0) is 6.42 Å². The summed E-state index contributed by atoms with van der Waals surface area (Å²) in [5.74, 6) is -0.0277. The molecular weight excluding hydrogens is 229 g/mol. The summed E-state index contributed by atoms with van der Waals surface area (Å²) in [5, 5.41) is 9.20. The third-order valence-corrected chi connectivity index (χ3v) is 2.88. The van der Waals surface area contributed by atoms with E-state index in [0.717, 1.165) is 16.7 Å². The molecule has 0 aliphatic carbocycles. The molecule has 0 fully saturated rings. The Kier molecular flexibility index (Phi) is 3.63. The van der Waals surface area contributed by atoms with Crippen molar-refractivity contribution in [2.24, 2.45) is 5.73 Å². The fourth-order valence-electron chi connectivity index (χ4n) is 1.98. The number of hydrogen-bond donors (Lipinski definition) is 2. The van der Waals surface area contributed by atoms with Crippen molar-refractivity contribution in [2.75, 3.05) is 0 Å². The Hall–Kier alpha value is -1.87. The summed E-state index contributed by atoms with van der Waals surface area (Å²) in [5.41, 5.74) is 8.75. The lowest BCUT2D eigenvalue weighted by molar-refractivity contribution is 0.475. The van der Waals surface area contributed by atoms with Gasteiger partial charge in [0.2, 0.25) is 0 Å². The van der Waals surface area contributed by atoms with E-state index in [2.05, 4.69) is 0 Å². The van der Waals surface area contributed by atoms with E-state index in [1.807, 2.05) is 25.1 Å². The lowest BCUT2D eigenvalue weighted by atomic mass is 9.98. The van der Waals surface area contributed by atoms with Gasteiger partial charge in [0.25, 0.3) is 0 Å². The van der Waals surface area contributed by atoms with Gasteiger partial charge in [-0.2, -0.15) is 0 Å². The molecule has 0 aromatic heterocycles. The number of halogens is 1. The molecule has 0 spiro atoms. The van der Waals surface area contributed by atoms with Crippen LogP contribution in [0, 0.1) is 12.7 Å². The van der Waals surface area contributed by atoms with Gasteiger partial charge < -0.3 is 10.8 Å². The molecular formula is C15H16FNO. The molecule has 0 saturated heterocycles. The predicted molar refractivity (Wildman–Crippen MR) is 69.9 cm³/mol. The van der Waals surface area contributed by atoms with Crippen LogP contribution < -0.4 is 5.73 Å². The summed E-state index contributed by atoms with van der Waals surface area (Å²) in [4.78, 5) is 0. The number of aryl methyl sites for hydroxylation is 1. The molecule has 2 nitrogen and oxygen atoms in total. The molecule has 3 heteroatoms. The van der Waals surface area contributed by atoms with Crippen molar-refractivity contribution in [3.8, 4) is 5.75 Å². The van der Waals surface area contributed by atoms with E-state index in [1.54, 1.807) is 12.1 Å². The fourth-order valence-corrected chi connectivity index (χ4v) is 1.98. The number of phenols is 1. The van der Waals surface area contributed by atoms with Crippen LogP contribution >= 0.6 is 0 Å². The van der Waals surface area contributed by atoms with Crippen molar-refractivity contribution < 1.29 is 9.50 Å². The molecule has 0 radical (unpaired) electrons. The van der Waals surface area contributed by atoms with Gasteiger partial charge in [-0.15, -0.1) is 0 Å². The maximum Gasteiger partial charge on any atom is 0.123 e. The third kappa shape index (κ3) is 3.08. The summed E-state index contributed by atoms with van der Waals surface area (Å²) in [6, 6.07) is 11.5. The molecule has 94 valence electrons. The number of benzene rings is 2. The molecule has 0 aliphatic heterocycles. The smallest absolute Gasteiger partial charge is 0.123 e. The van der Waals surface area contributed by atoms with Crippen LogP contribution in [-0.4, -0.2) is 5.11 Å². The second kappa shape index (κ2) is 5.19. The van der Waals surface area contributed by atoms with Crippen molar-refractivity contribution in [1.29, 1.82) is 0 Å². The normalized spacial score (nSPS) is 12.4. The van der Waals surface area contributed by atoms with E-state index in [9.17, 15) is 9.50 Å². The van der Waals surface area contributed by atoms with Crippen molar-refractivity contribution >= 4 is 0 Å². The van der Waals surface area contributed by atoms with E-state index < -0.39 is 0 Å². The van der Waals surface area contributed by atoms with Crippen LogP contribution in [0.25, 0.3) is 0 Å². The number of nitrogens with two attached hydrogens (primary N) is 1. The molecule has 0 amide bonds. The zero-order chi connectivity index (χ0) is 13.1. The van der Waals surface area contributed by atoms with E-state index in [-0.39, 0.29) is 17.6 Å². The highest BCUT2D eigenvalue weighted by molar-refractivity contribution is 5.30. The summed E-state index contributed by atoms with van der Waals surface area (Å²) in [6.45, 7) is 1.85. The second-order valence-electron chi connectivity index (χ2n) is 4.54. The SMILES string of the molecule is Cc1cc(F)cc(C(N)Cc2ccc(O)cc2)c1. The number of rotatable bonds is 3. The molecule has 0 bridgehead atoms. The van der Waals surface area contributed by atoms with Crippen LogP contribution in [0.3, 0.4) is 0 Å². The summed E-state index contributed by atoms with van der Waals surface area (Å²) in [6.07, 6.45) is 0.614. The van der Waals surface area contributed by atoms with E-state index in [0.29, 0.717) is 6.42 Å². The van der Waals surface area contributed by atoms with Crippen molar-refractivity contribution in [2.45, 2.75) is 19.4 Å². The van der Waals surface area contributed by atoms with Gasteiger partial charge >= 0.3 is 0 Å². The minimum absolute atomic E-state index is 0.230. The molecule has 2 aromatic carbocycles. The quantitative estimate of drug-likeness (QED) is 0.872. The highest BCUT2D eigenvalue weighted by Gasteiger charge is 2.09. The molecule has 1 unspecified atom stereocenters. The topological polar surface area (TPSA) is 46.2 Å². The molecule has 2 rings (SSSR count). The average molecular weight is 245 g/mol. The first-order valence-corrected chi connectivity index (χ1v) is 5.85. The van der Waals surface area contributed by atoms with Gasteiger partial charge in [-0.05, 0) is 54.3 Å². The maximum atomic E-state index is 13.3. The number of hydrogen-bond acceptors (Lipinski definition) is 2. The van der Waals surface area contributed by atoms with Crippen LogP contribution in [0.4, 0.5) is 4.39 Å². The van der Waals surface area contributed by atoms with Gasteiger partial charge in [-0.1, -0.05) is 18.2 Å². The molecule has 0 saturated carbocycles. The van der Waals surface area contributed by atoms with Crippen molar-refractivity contribution in [3.05, 3.63) is 65.0 Å². The van der Waals surface area contributed by atoms with Crippen LogP contribution in [0.2, 0.25) is 0 Å². The van der Waals surface area contributed by atoms with Crippen LogP contribution in [0.1, 0.15) is 22.7 Å². The van der Waals surface area contributed by atoms with E-state index >= 15 is 0 Å². The monoisotopic (exact) mass is 245 g/mol. The van der Waals surface area contributed by atoms with E-state index in [1.165, 1.54) is 12.1 Å². The van der Waals surface area contributed by atoms with E-state index in [4.69, 9.17) is 5.73 Å². The van der Waals surface area contributed by atoms with Crippen molar-refractivity contribution in [1.82, 2.24) is 0 Å². The Morgan fingerprint density at radius 1 is 1.17 bits per heavy atom. The molecule has 0 aliphatic rings. The van der Waals surface area contributed by atoms with Crippen LogP contribution in [0.15, 0.2) is 42.5 Å². The fraction of sp³-hybridized carbons (Fsp3) is 0.200. The highest BCUT2D eigenvalue weighted by atomic mass is 19.1. The lowest BCUT2D eigenvalue weighted by Crippen LogP contribution is -2.13. The summed E-state index contributed by atoms with van der Waals surface area (Å²) < 4.78 is 13.3.